The van der Waals surface area contributed by atoms with Gasteiger partial charge in [0.15, 0.2) is 0 Å². The molecule has 2 rings (SSSR count). The predicted octanol–water partition coefficient (Wildman–Crippen LogP) is 3.13. The molecule has 0 spiro atoms. The van der Waals surface area contributed by atoms with E-state index in [2.05, 4.69) is 5.32 Å². The largest absolute Gasteiger partial charge is 0.362 e. The Morgan fingerprint density at radius 2 is 1.64 bits per heavy atom. The van der Waals surface area contributed by atoms with Crippen molar-refractivity contribution in [1.29, 1.82) is 0 Å². The van der Waals surface area contributed by atoms with Crippen molar-refractivity contribution in [2.24, 2.45) is 0 Å². The fourth-order valence-electron chi connectivity index (χ4n) is 2.53. The van der Waals surface area contributed by atoms with Crippen LogP contribution in [0.4, 0.5) is 11.4 Å². The molecule has 2 amide bonds. The van der Waals surface area contributed by atoms with E-state index >= 15 is 0 Å². The molecule has 132 valence electrons. The summed E-state index contributed by atoms with van der Waals surface area (Å²) in [7, 11) is 1.75. The van der Waals surface area contributed by atoms with Crippen LogP contribution >= 0.6 is 0 Å². The highest BCUT2D eigenvalue weighted by Gasteiger charge is 2.13. The summed E-state index contributed by atoms with van der Waals surface area (Å²) in [6, 6.07) is 17.4. The first-order valence-electron chi connectivity index (χ1n) is 8.40. The molecule has 0 atom stereocenters. The van der Waals surface area contributed by atoms with Crippen molar-refractivity contribution in [3.05, 3.63) is 60.2 Å². The summed E-state index contributed by atoms with van der Waals surface area (Å²) >= 11 is 0. The molecule has 0 fully saturated rings. The molecule has 0 saturated heterocycles. The number of nitrogens with zero attached hydrogens (tertiary/aromatic N) is 2. The van der Waals surface area contributed by atoms with E-state index in [1.54, 1.807) is 11.9 Å². The summed E-state index contributed by atoms with van der Waals surface area (Å²) < 4.78 is 0. The lowest BCUT2D eigenvalue weighted by molar-refractivity contribution is -0.128. The molecular weight excluding hydrogens is 314 g/mol. The van der Waals surface area contributed by atoms with E-state index < -0.39 is 0 Å². The molecule has 0 aliphatic heterocycles. The minimum atomic E-state index is -0.0800. The van der Waals surface area contributed by atoms with Crippen molar-refractivity contribution < 1.29 is 9.59 Å². The molecule has 1 N–H and O–H groups in total. The number of carbonyl (C=O) groups excluding carboxylic acids is 2. The van der Waals surface area contributed by atoms with Crippen LogP contribution in [0.1, 0.15) is 19.4 Å². The molecule has 5 nitrogen and oxygen atoms in total. The third-order valence-corrected chi connectivity index (χ3v) is 4.07. The number of benzene rings is 2. The second kappa shape index (κ2) is 8.87. The zero-order valence-electron chi connectivity index (χ0n) is 15.0. The van der Waals surface area contributed by atoms with Gasteiger partial charge in [0.1, 0.15) is 0 Å². The molecule has 0 bridgehead atoms. The molecular formula is C20H25N3O2. The summed E-state index contributed by atoms with van der Waals surface area (Å²) in [5, 5.41) is 2.97. The lowest BCUT2D eigenvalue weighted by atomic mass is 10.1. The number of nitrogens with one attached hydrogen (secondary N) is 1. The van der Waals surface area contributed by atoms with Gasteiger partial charge in [-0.3, -0.25) is 9.59 Å². The van der Waals surface area contributed by atoms with Crippen LogP contribution in [0.15, 0.2) is 54.6 Å². The number of rotatable bonds is 7. The van der Waals surface area contributed by atoms with E-state index in [9.17, 15) is 9.59 Å². The Morgan fingerprint density at radius 3 is 2.28 bits per heavy atom. The average Bonchev–Trinajstić information content (AvgIpc) is 2.62. The topological polar surface area (TPSA) is 52.7 Å². The highest BCUT2D eigenvalue weighted by molar-refractivity contribution is 5.94. The van der Waals surface area contributed by atoms with Crippen molar-refractivity contribution in [3.63, 3.8) is 0 Å². The van der Waals surface area contributed by atoms with Gasteiger partial charge in [-0.2, -0.15) is 0 Å². The second-order valence-electron chi connectivity index (χ2n) is 5.93. The highest BCUT2D eigenvalue weighted by Crippen LogP contribution is 2.18. The number of hydrogen-bond donors (Lipinski definition) is 1. The predicted molar refractivity (Wildman–Crippen MR) is 102 cm³/mol. The first-order valence-corrected chi connectivity index (χ1v) is 8.40. The maximum Gasteiger partial charge on any atom is 0.243 e. The van der Waals surface area contributed by atoms with Crippen LogP contribution in [0.2, 0.25) is 0 Å². The summed E-state index contributed by atoms with van der Waals surface area (Å²) in [6.07, 6.45) is 0. The van der Waals surface area contributed by atoms with E-state index in [1.807, 2.05) is 66.4 Å². The summed E-state index contributed by atoms with van der Waals surface area (Å²) in [5.74, 6) is -0.0917. The number of hydrogen-bond acceptors (Lipinski definition) is 3. The first kappa shape index (κ1) is 18.5. The molecule has 0 aliphatic rings. The Hall–Kier alpha value is -2.82. The monoisotopic (exact) mass is 339 g/mol. The van der Waals surface area contributed by atoms with Gasteiger partial charge in [0, 0.05) is 38.4 Å². The molecule has 0 heterocycles. The Morgan fingerprint density at radius 1 is 1.00 bits per heavy atom. The van der Waals surface area contributed by atoms with Gasteiger partial charge in [-0.25, -0.2) is 0 Å². The van der Waals surface area contributed by atoms with Gasteiger partial charge in [-0.15, -0.1) is 0 Å². The Kier molecular flexibility index (Phi) is 6.57. The fourth-order valence-corrected chi connectivity index (χ4v) is 2.53. The quantitative estimate of drug-likeness (QED) is 0.843. The summed E-state index contributed by atoms with van der Waals surface area (Å²) in [5.41, 5.74) is 2.67. The highest BCUT2D eigenvalue weighted by atomic mass is 16.2. The van der Waals surface area contributed by atoms with E-state index in [1.165, 1.54) is 6.92 Å². The fraction of sp³-hybridized carbons (Fsp3) is 0.300. The van der Waals surface area contributed by atoms with E-state index in [0.29, 0.717) is 6.54 Å². The smallest absolute Gasteiger partial charge is 0.243 e. The number of anilines is 2. The Labute approximate surface area is 149 Å². The number of likely N-dealkylation sites (N-methyl/N-ethyl adjacent to an activating group) is 1. The molecule has 0 radical (unpaired) electrons. The zero-order chi connectivity index (χ0) is 18.2. The Bertz CT molecular complexity index is 716. The number of para-hydroxylation sites is 2. The van der Waals surface area contributed by atoms with Crippen molar-refractivity contribution in [2.45, 2.75) is 20.4 Å². The van der Waals surface area contributed by atoms with E-state index in [0.717, 1.165) is 23.5 Å². The molecule has 0 saturated carbocycles. The van der Waals surface area contributed by atoms with Gasteiger partial charge in [0.05, 0.1) is 6.54 Å². The van der Waals surface area contributed by atoms with Gasteiger partial charge in [-0.05, 0) is 30.7 Å². The Balaban J connectivity index is 2.06. The van der Waals surface area contributed by atoms with Crippen LogP contribution in [0.3, 0.4) is 0 Å². The third kappa shape index (κ3) is 5.35. The van der Waals surface area contributed by atoms with Crippen LogP contribution in [-0.2, 0) is 16.1 Å². The maximum atomic E-state index is 12.5. The molecule has 0 unspecified atom stereocenters. The van der Waals surface area contributed by atoms with Gasteiger partial charge in [-0.1, -0.05) is 36.4 Å². The number of amides is 2. The molecule has 5 heteroatoms. The van der Waals surface area contributed by atoms with E-state index in [4.69, 9.17) is 0 Å². The van der Waals surface area contributed by atoms with Crippen molar-refractivity contribution in [1.82, 2.24) is 4.90 Å². The van der Waals surface area contributed by atoms with Gasteiger partial charge >= 0.3 is 0 Å². The van der Waals surface area contributed by atoms with Crippen molar-refractivity contribution in [2.75, 3.05) is 30.4 Å². The molecule has 0 aromatic heterocycles. The van der Waals surface area contributed by atoms with Crippen LogP contribution < -0.4 is 10.2 Å². The normalized spacial score (nSPS) is 10.2. The SMILES string of the molecule is CCN(CC(=O)Nc1ccccc1CN(C)C(C)=O)c1ccccc1. The minimum Gasteiger partial charge on any atom is -0.362 e. The lowest BCUT2D eigenvalue weighted by Gasteiger charge is -2.23. The molecule has 2 aromatic rings. The lowest BCUT2D eigenvalue weighted by Crippen LogP contribution is -2.33. The third-order valence-electron chi connectivity index (χ3n) is 4.07. The molecule has 25 heavy (non-hydrogen) atoms. The zero-order valence-corrected chi connectivity index (χ0v) is 15.0. The van der Waals surface area contributed by atoms with Gasteiger partial charge in [0.25, 0.3) is 0 Å². The first-order chi connectivity index (χ1) is 12.0. The summed E-state index contributed by atoms with van der Waals surface area (Å²) in [6.45, 7) is 5.03. The maximum absolute atomic E-state index is 12.5. The standard InChI is InChI=1S/C20H25N3O2/c1-4-23(18-11-6-5-7-12-18)15-20(25)21-19-13-9-8-10-17(19)14-22(3)16(2)24/h5-13H,4,14-15H2,1-3H3,(H,21,25). The summed E-state index contributed by atoms with van der Waals surface area (Å²) in [4.78, 5) is 27.6. The van der Waals surface area contributed by atoms with Gasteiger partial charge < -0.3 is 15.1 Å². The molecule has 0 aliphatic carbocycles. The van der Waals surface area contributed by atoms with Crippen LogP contribution in [-0.4, -0.2) is 36.9 Å². The van der Waals surface area contributed by atoms with Crippen molar-refractivity contribution in [3.8, 4) is 0 Å². The van der Waals surface area contributed by atoms with Crippen LogP contribution in [0.5, 0.6) is 0 Å². The van der Waals surface area contributed by atoms with Gasteiger partial charge in [0.2, 0.25) is 11.8 Å². The number of carbonyl (C=O) groups is 2. The molecule has 2 aromatic carbocycles. The van der Waals surface area contributed by atoms with E-state index in [-0.39, 0.29) is 18.4 Å². The van der Waals surface area contributed by atoms with Crippen molar-refractivity contribution >= 4 is 23.2 Å². The minimum absolute atomic E-state index is 0.0117. The average molecular weight is 339 g/mol. The van der Waals surface area contributed by atoms with Crippen LogP contribution in [0.25, 0.3) is 0 Å². The second-order valence-corrected chi connectivity index (χ2v) is 5.93. The van der Waals surface area contributed by atoms with Crippen LogP contribution in [0, 0.1) is 0 Å².